The minimum Gasteiger partial charge on any atom is -0.310 e. The largest absolute Gasteiger partial charge is 0.310 e. The third kappa shape index (κ3) is 1.81. The van der Waals surface area contributed by atoms with Crippen LogP contribution in [0.2, 0.25) is 0 Å². The summed E-state index contributed by atoms with van der Waals surface area (Å²) in [5.74, 6) is 0.638. The first kappa shape index (κ1) is 6.79. The molecule has 1 nitrogen and oxygen atoms in total. The van der Waals surface area contributed by atoms with Gasteiger partial charge in [0, 0.05) is 5.71 Å². The summed E-state index contributed by atoms with van der Waals surface area (Å²) in [6.45, 7) is 1.94. The molecule has 0 radical (unpaired) electrons. The standard InChI is InChI=1S/C8H15N/c1-7(9)8-5-3-2-4-6-8/h8-9H,2-6H2,1H3. The number of hydrogen-bond donors (Lipinski definition) is 1. The SMILES string of the molecule is CC(=N)C1CCCCC1. The lowest BCUT2D eigenvalue weighted by atomic mass is 9.86. The molecular weight excluding hydrogens is 110 g/mol. The highest BCUT2D eigenvalue weighted by Gasteiger charge is 2.13. The highest BCUT2D eigenvalue weighted by molar-refractivity contribution is 5.81. The van der Waals surface area contributed by atoms with Crippen molar-refractivity contribution in [3.05, 3.63) is 0 Å². The van der Waals surface area contributed by atoms with Gasteiger partial charge in [-0.1, -0.05) is 19.3 Å². The molecule has 1 saturated carbocycles. The van der Waals surface area contributed by atoms with E-state index >= 15 is 0 Å². The predicted octanol–water partition coefficient (Wildman–Crippen LogP) is 2.61. The molecule has 0 unspecified atom stereocenters. The fourth-order valence-corrected chi connectivity index (χ4v) is 1.54. The lowest BCUT2D eigenvalue weighted by molar-refractivity contribution is 0.437. The number of hydrogen-bond acceptors (Lipinski definition) is 1. The Morgan fingerprint density at radius 1 is 1.22 bits per heavy atom. The van der Waals surface area contributed by atoms with Crippen LogP contribution in [-0.4, -0.2) is 5.71 Å². The fraction of sp³-hybridized carbons (Fsp3) is 0.875. The molecule has 0 aromatic carbocycles. The molecule has 0 bridgehead atoms. The summed E-state index contributed by atoms with van der Waals surface area (Å²) in [5.41, 5.74) is 0.898. The van der Waals surface area contributed by atoms with Gasteiger partial charge in [-0.15, -0.1) is 0 Å². The molecule has 0 saturated heterocycles. The average Bonchev–Trinajstić information content (AvgIpc) is 1.90. The maximum atomic E-state index is 7.39. The molecular formula is C8H15N. The Labute approximate surface area is 57.0 Å². The fourth-order valence-electron chi connectivity index (χ4n) is 1.54. The van der Waals surface area contributed by atoms with Crippen molar-refractivity contribution in [2.45, 2.75) is 39.0 Å². The molecule has 0 spiro atoms. The maximum absolute atomic E-state index is 7.39. The first-order valence-electron chi connectivity index (χ1n) is 3.86. The topological polar surface area (TPSA) is 23.9 Å². The molecule has 0 heterocycles. The average molecular weight is 125 g/mol. The smallest absolute Gasteiger partial charge is 0.00891 e. The van der Waals surface area contributed by atoms with Crippen LogP contribution in [0.1, 0.15) is 39.0 Å². The van der Waals surface area contributed by atoms with Crippen molar-refractivity contribution >= 4 is 5.71 Å². The van der Waals surface area contributed by atoms with Gasteiger partial charge in [0.1, 0.15) is 0 Å². The third-order valence-electron chi connectivity index (χ3n) is 2.22. The monoisotopic (exact) mass is 125 g/mol. The molecule has 1 N–H and O–H groups in total. The second-order valence-corrected chi connectivity index (χ2v) is 3.02. The molecule has 1 aliphatic rings. The van der Waals surface area contributed by atoms with E-state index in [9.17, 15) is 0 Å². The van der Waals surface area contributed by atoms with Gasteiger partial charge in [-0.25, -0.2) is 0 Å². The highest BCUT2D eigenvalue weighted by atomic mass is 14.4. The number of rotatable bonds is 1. The Morgan fingerprint density at radius 2 is 1.78 bits per heavy atom. The molecule has 0 aromatic rings. The van der Waals surface area contributed by atoms with Gasteiger partial charge in [0.05, 0.1) is 0 Å². The van der Waals surface area contributed by atoms with Crippen LogP contribution in [0.5, 0.6) is 0 Å². The van der Waals surface area contributed by atoms with Gasteiger partial charge in [0.15, 0.2) is 0 Å². The molecule has 1 aliphatic carbocycles. The summed E-state index contributed by atoms with van der Waals surface area (Å²) >= 11 is 0. The summed E-state index contributed by atoms with van der Waals surface area (Å²) in [5, 5.41) is 7.39. The predicted molar refractivity (Wildman–Crippen MR) is 40.0 cm³/mol. The van der Waals surface area contributed by atoms with Crippen molar-refractivity contribution in [3.8, 4) is 0 Å². The van der Waals surface area contributed by atoms with E-state index in [1.807, 2.05) is 6.92 Å². The third-order valence-corrected chi connectivity index (χ3v) is 2.22. The van der Waals surface area contributed by atoms with Crippen LogP contribution < -0.4 is 0 Å². The van der Waals surface area contributed by atoms with Crippen molar-refractivity contribution in [1.29, 1.82) is 5.41 Å². The molecule has 0 amide bonds. The molecule has 1 fully saturated rings. The number of nitrogens with one attached hydrogen (secondary N) is 1. The minimum atomic E-state index is 0.638. The Balaban J connectivity index is 2.31. The second kappa shape index (κ2) is 3.00. The first-order valence-corrected chi connectivity index (χ1v) is 3.86. The Kier molecular flexibility index (Phi) is 2.26. The molecule has 52 valence electrons. The van der Waals surface area contributed by atoms with Gasteiger partial charge in [0.2, 0.25) is 0 Å². The quantitative estimate of drug-likeness (QED) is 0.521. The van der Waals surface area contributed by atoms with Crippen molar-refractivity contribution in [1.82, 2.24) is 0 Å². The van der Waals surface area contributed by atoms with Gasteiger partial charge in [-0.3, -0.25) is 0 Å². The van der Waals surface area contributed by atoms with Gasteiger partial charge in [-0.2, -0.15) is 0 Å². The van der Waals surface area contributed by atoms with E-state index in [1.165, 1.54) is 32.1 Å². The van der Waals surface area contributed by atoms with Crippen LogP contribution in [-0.2, 0) is 0 Å². The van der Waals surface area contributed by atoms with E-state index in [0.717, 1.165) is 5.71 Å². The maximum Gasteiger partial charge on any atom is 0.00891 e. The van der Waals surface area contributed by atoms with Gasteiger partial charge >= 0.3 is 0 Å². The van der Waals surface area contributed by atoms with Crippen molar-refractivity contribution in [3.63, 3.8) is 0 Å². The van der Waals surface area contributed by atoms with Crippen LogP contribution in [0, 0.1) is 11.3 Å². The summed E-state index contributed by atoms with van der Waals surface area (Å²) in [6.07, 6.45) is 6.64. The lowest BCUT2D eigenvalue weighted by Crippen LogP contribution is -2.13. The molecule has 0 aliphatic heterocycles. The minimum absolute atomic E-state index is 0.638. The van der Waals surface area contributed by atoms with Gasteiger partial charge < -0.3 is 5.41 Å². The highest BCUT2D eigenvalue weighted by Crippen LogP contribution is 2.23. The zero-order chi connectivity index (χ0) is 6.69. The Bertz CT molecular complexity index is 101. The molecule has 0 atom stereocenters. The lowest BCUT2D eigenvalue weighted by Gasteiger charge is -2.19. The van der Waals surface area contributed by atoms with Crippen molar-refractivity contribution in [2.75, 3.05) is 0 Å². The zero-order valence-electron chi connectivity index (χ0n) is 6.11. The van der Waals surface area contributed by atoms with Crippen LogP contribution in [0.4, 0.5) is 0 Å². The molecule has 0 aromatic heterocycles. The summed E-state index contributed by atoms with van der Waals surface area (Å²) in [6, 6.07) is 0. The Morgan fingerprint density at radius 3 is 2.11 bits per heavy atom. The Hall–Kier alpha value is -0.330. The van der Waals surface area contributed by atoms with Crippen LogP contribution in [0.25, 0.3) is 0 Å². The normalized spacial score (nSPS) is 21.9. The van der Waals surface area contributed by atoms with E-state index in [0.29, 0.717) is 5.92 Å². The van der Waals surface area contributed by atoms with Crippen LogP contribution in [0.15, 0.2) is 0 Å². The van der Waals surface area contributed by atoms with E-state index in [1.54, 1.807) is 0 Å². The summed E-state index contributed by atoms with van der Waals surface area (Å²) in [4.78, 5) is 0. The van der Waals surface area contributed by atoms with E-state index in [2.05, 4.69) is 0 Å². The summed E-state index contributed by atoms with van der Waals surface area (Å²) < 4.78 is 0. The van der Waals surface area contributed by atoms with Crippen molar-refractivity contribution < 1.29 is 0 Å². The van der Waals surface area contributed by atoms with Crippen LogP contribution >= 0.6 is 0 Å². The molecule has 1 heteroatoms. The molecule has 1 rings (SSSR count). The van der Waals surface area contributed by atoms with Crippen molar-refractivity contribution in [2.24, 2.45) is 5.92 Å². The first-order chi connectivity index (χ1) is 4.30. The van der Waals surface area contributed by atoms with Crippen LogP contribution in [0.3, 0.4) is 0 Å². The second-order valence-electron chi connectivity index (χ2n) is 3.02. The zero-order valence-corrected chi connectivity index (χ0v) is 6.11. The van der Waals surface area contributed by atoms with E-state index in [4.69, 9.17) is 5.41 Å². The van der Waals surface area contributed by atoms with E-state index < -0.39 is 0 Å². The summed E-state index contributed by atoms with van der Waals surface area (Å²) in [7, 11) is 0. The van der Waals surface area contributed by atoms with Gasteiger partial charge in [-0.05, 0) is 25.7 Å². The van der Waals surface area contributed by atoms with E-state index in [-0.39, 0.29) is 0 Å². The van der Waals surface area contributed by atoms with Gasteiger partial charge in [0.25, 0.3) is 0 Å². The molecule has 9 heavy (non-hydrogen) atoms.